The molecule has 4 atom stereocenters. The van der Waals surface area contributed by atoms with Gasteiger partial charge in [-0.25, -0.2) is 27.1 Å². The Hall–Kier alpha value is -3.79. The van der Waals surface area contributed by atoms with Gasteiger partial charge in [0.1, 0.15) is 29.8 Å². The Bertz CT molecular complexity index is 1470. The fourth-order valence-corrected chi connectivity index (χ4v) is 5.35. The van der Waals surface area contributed by atoms with Gasteiger partial charge in [0.05, 0.1) is 30.2 Å². The summed E-state index contributed by atoms with van der Waals surface area (Å²) >= 11 is 0. The molecule has 2 unspecified atom stereocenters. The van der Waals surface area contributed by atoms with Crippen LogP contribution in [0.5, 0.6) is 0 Å². The molecule has 6 rings (SSSR count). The van der Waals surface area contributed by atoms with E-state index in [1.165, 1.54) is 0 Å². The minimum atomic E-state index is -1.20. The third-order valence-corrected chi connectivity index (χ3v) is 7.31. The summed E-state index contributed by atoms with van der Waals surface area (Å²) in [6, 6.07) is 9.77. The molecule has 0 spiro atoms. The molecule has 0 aliphatic carbocycles. The van der Waals surface area contributed by atoms with Crippen LogP contribution < -0.4 is 10.2 Å². The minimum Gasteiger partial charge on any atom is -0.345 e. The summed E-state index contributed by atoms with van der Waals surface area (Å²) in [4.78, 5) is 10.5. The van der Waals surface area contributed by atoms with Crippen molar-refractivity contribution in [2.24, 2.45) is 0 Å². The van der Waals surface area contributed by atoms with Crippen LogP contribution in [0.25, 0.3) is 17.8 Å². The summed E-state index contributed by atoms with van der Waals surface area (Å²) in [7, 11) is 0. The molecule has 38 heavy (non-hydrogen) atoms. The number of halogens is 4. The molecule has 2 fully saturated rings. The predicted octanol–water partition coefficient (Wildman–Crippen LogP) is 5.28. The summed E-state index contributed by atoms with van der Waals surface area (Å²) in [5, 5.41) is 7.71. The number of aromatic nitrogens is 4. The quantitative estimate of drug-likeness (QED) is 0.362. The Labute approximate surface area is 217 Å². The van der Waals surface area contributed by atoms with Crippen LogP contribution in [0.4, 0.5) is 23.4 Å². The van der Waals surface area contributed by atoms with Crippen molar-refractivity contribution in [1.29, 1.82) is 0 Å². The summed E-state index contributed by atoms with van der Waals surface area (Å²) in [6.07, 6.45) is 5.66. The zero-order chi connectivity index (χ0) is 26.2. The molecule has 0 amide bonds. The van der Waals surface area contributed by atoms with Crippen molar-refractivity contribution in [1.82, 2.24) is 24.9 Å². The molecule has 4 aromatic rings. The van der Waals surface area contributed by atoms with Crippen LogP contribution >= 0.6 is 0 Å². The first kappa shape index (κ1) is 24.5. The molecule has 2 aliphatic rings. The maximum atomic E-state index is 14.5. The van der Waals surface area contributed by atoms with E-state index in [1.54, 1.807) is 33.9 Å². The molecule has 196 valence electrons. The number of rotatable bonds is 5. The maximum absolute atomic E-state index is 14.5. The van der Waals surface area contributed by atoms with E-state index in [-0.39, 0.29) is 24.4 Å². The van der Waals surface area contributed by atoms with Gasteiger partial charge in [-0.3, -0.25) is 4.98 Å². The van der Waals surface area contributed by atoms with Crippen LogP contribution in [0.3, 0.4) is 0 Å². The Balaban J connectivity index is 1.26. The normalized spacial score (nSPS) is 24.1. The van der Waals surface area contributed by atoms with Gasteiger partial charge < -0.3 is 10.2 Å². The Morgan fingerprint density at radius 1 is 0.974 bits per heavy atom. The summed E-state index contributed by atoms with van der Waals surface area (Å²) in [6.45, 7) is 1.17. The standard InChI is InChI=1S/C28H26F4N6/c29-18-2-6-24(31)23(11-18)26-12-19(30)16-37(26)28-8-7-27-35-14-21(38(27)36-28)5-4-20-3-1-17(13-34-20)22-9-10-33-15-25(22)32/h1-8,11,13-14,19,22,25-26,33H,9-10,12,15-16H2/b5-4+/t19-,22?,25?,26+/m0/s1. The average Bonchev–Trinajstić information content (AvgIpc) is 3.52. The molecule has 0 bridgehead atoms. The van der Waals surface area contributed by atoms with E-state index < -0.39 is 30.0 Å². The molecule has 2 saturated heterocycles. The molecule has 10 heteroatoms. The van der Waals surface area contributed by atoms with Gasteiger partial charge in [0.2, 0.25) is 0 Å². The van der Waals surface area contributed by atoms with E-state index in [9.17, 15) is 17.6 Å². The fourth-order valence-electron chi connectivity index (χ4n) is 5.35. The first-order valence-electron chi connectivity index (χ1n) is 12.7. The number of nitrogens with one attached hydrogen (secondary N) is 1. The summed E-state index contributed by atoms with van der Waals surface area (Å²) in [5.41, 5.74) is 2.94. The number of fused-ring (bicyclic) bond motifs is 1. The third kappa shape index (κ3) is 4.76. The first-order chi connectivity index (χ1) is 18.5. The van der Waals surface area contributed by atoms with E-state index in [2.05, 4.69) is 20.4 Å². The maximum Gasteiger partial charge on any atom is 0.154 e. The third-order valence-electron chi connectivity index (χ3n) is 7.31. The number of alkyl halides is 2. The van der Waals surface area contributed by atoms with Gasteiger partial charge in [-0.1, -0.05) is 6.07 Å². The van der Waals surface area contributed by atoms with Gasteiger partial charge in [0, 0.05) is 30.6 Å². The molecule has 0 saturated carbocycles. The first-order valence-corrected chi connectivity index (χ1v) is 12.7. The second-order valence-corrected chi connectivity index (χ2v) is 9.78. The number of piperidine rings is 1. The molecular weight excluding hydrogens is 496 g/mol. The van der Waals surface area contributed by atoms with Crippen LogP contribution in [0.15, 0.2) is 54.9 Å². The highest BCUT2D eigenvalue weighted by molar-refractivity contribution is 5.68. The summed E-state index contributed by atoms with van der Waals surface area (Å²) in [5.74, 6) is -0.869. The molecule has 1 N–H and O–H groups in total. The van der Waals surface area contributed by atoms with Crippen LogP contribution in [0, 0.1) is 11.6 Å². The summed E-state index contributed by atoms with van der Waals surface area (Å²) < 4.78 is 58.8. The second-order valence-electron chi connectivity index (χ2n) is 9.78. The Kier molecular flexibility index (Phi) is 6.57. The SMILES string of the molecule is Fc1ccc(F)c([C@H]2C[C@H](F)CN2c2ccc3ncc(/C=C/c4ccc(C5CCNCC5F)cn4)n3n2)c1. The molecule has 2 aliphatic heterocycles. The number of hydrogen-bond donors (Lipinski definition) is 1. The molecular formula is C28H26F4N6. The van der Waals surface area contributed by atoms with Gasteiger partial charge in [0.25, 0.3) is 0 Å². The predicted molar refractivity (Wildman–Crippen MR) is 137 cm³/mol. The lowest BCUT2D eigenvalue weighted by Gasteiger charge is -2.26. The number of hydrogen-bond acceptors (Lipinski definition) is 5. The molecule has 5 heterocycles. The van der Waals surface area contributed by atoms with Crippen LogP contribution in [-0.2, 0) is 0 Å². The van der Waals surface area contributed by atoms with Crippen LogP contribution in [0.1, 0.15) is 47.3 Å². The van der Waals surface area contributed by atoms with Gasteiger partial charge in [-0.15, -0.1) is 5.10 Å². The number of imidazole rings is 1. The molecule has 0 radical (unpaired) electrons. The monoisotopic (exact) mass is 522 g/mol. The van der Waals surface area contributed by atoms with Crippen molar-refractivity contribution < 1.29 is 17.6 Å². The minimum absolute atomic E-state index is 0.0199. The lowest BCUT2D eigenvalue weighted by atomic mass is 9.90. The van der Waals surface area contributed by atoms with Crippen molar-refractivity contribution >= 4 is 23.6 Å². The molecule has 1 aromatic carbocycles. The van der Waals surface area contributed by atoms with E-state index in [1.807, 2.05) is 24.3 Å². The van der Waals surface area contributed by atoms with Gasteiger partial charge in [-0.2, -0.15) is 0 Å². The Morgan fingerprint density at radius 3 is 2.68 bits per heavy atom. The largest absolute Gasteiger partial charge is 0.345 e. The lowest BCUT2D eigenvalue weighted by molar-refractivity contribution is 0.231. The second kappa shape index (κ2) is 10.2. The highest BCUT2D eigenvalue weighted by atomic mass is 19.1. The van der Waals surface area contributed by atoms with Crippen LogP contribution in [0.2, 0.25) is 0 Å². The van der Waals surface area contributed by atoms with Crippen molar-refractivity contribution in [3.05, 3.63) is 89.0 Å². The van der Waals surface area contributed by atoms with E-state index in [0.717, 1.165) is 36.7 Å². The highest BCUT2D eigenvalue weighted by Crippen LogP contribution is 2.38. The fraction of sp³-hybridized carbons (Fsp3) is 0.321. The van der Waals surface area contributed by atoms with Gasteiger partial charge in [0.15, 0.2) is 5.65 Å². The van der Waals surface area contributed by atoms with E-state index in [0.29, 0.717) is 29.4 Å². The zero-order valence-electron chi connectivity index (χ0n) is 20.4. The number of nitrogens with zero attached hydrogens (tertiary/aromatic N) is 5. The zero-order valence-corrected chi connectivity index (χ0v) is 20.4. The number of anilines is 1. The van der Waals surface area contributed by atoms with E-state index >= 15 is 0 Å². The molecule has 3 aromatic heterocycles. The number of benzene rings is 1. The average molecular weight is 523 g/mol. The van der Waals surface area contributed by atoms with Crippen molar-refractivity contribution in [2.45, 2.75) is 37.1 Å². The smallest absolute Gasteiger partial charge is 0.154 e. The van der Waals surface area contributed by atoms with Crippen molar-refractivity contribution in [3.63, 3.8) is 0 Å². The van der Waals surface area contributed by atoms with Gasteiger partial charge >= 0.3 is 0 Å². The van der Waals surface area contributed by atoms with Crippen LogP contribution in [-0.4, -0.2) is 51.6 Å². The van der Waals surface area contributed by atoms with Crippen molar-refractivity contribution in [3.8, 4) is 0 Å². The lowest BCUT2D eigenvalue weighted by Crippen LogP contribution is -2.36. The Morgan fingerprint density at radius 2 is 1.87 bits per heavy atom. The molecule has 6 nitrogen and oxygen atoms in total. The van der Waals surface area contributed by atoms with Gasteiger partial charge in [-0.05, 0) is 67.1 Å². The van der Waals surface area contributed by atoms with E-state index in [4.69, 9.17) is 0 Å². The topological polar surface area (TPSA) is 58.4 Å². The highest BCUT2D eigenvalue weighted by Gasteiger charge is 2.36. The van der Waals surface area contributed by atoms with Crippen molar-refractivity contribution in [2.75, 3.05) is 24.5 Å². The number of pyridine rings is 1.